The molecule has 7 nitrogen and oxygen atoms in total. The summed E-state index contributed by atoms with van der Waals surface area (Å²) in [6.45, 7) is 0.567. The molecule has 37 heavy (non-hydrogen) atoms. The fourth-order valence-corrected chi connectivity index (χ4v) is 4.25. The Morgan fingerprint density at radius 2 is 1.27 bits per heavy atom. The molecule has 0 saturated carbocycles. The van der Waals surface area contributed by atoms with Gasteiger partial charge in [0.05, 0.1) is 0 Å². The second-order valence-corrected chi connectivity index (χ2v) is 9.24. The van der Waals surface area contributed by atoms with Crippen molar-refractivity contribution in [1.82, 2.24) is 15.7 Å². The van der Waals surface area contributed by atoms with Crippen LogP contribution in [0.5, 0.6) is 0 Å². The van der Waals surface area contributed by atoms with Crippen LogP contribution in [0.2, 0.25) is 0 Å². The number of unbranched alkanes of at least 4 members (excludes halogenated alkanes) is 3. The van der Waals surface area contributed by atoms with Gasteiger partial charge in [-0.2, -0.15) is 0 Å². The van der Waals surface area contributed by atoms with E-state index in [1.807, 2.05) is 66.7 Å². The summed E-state index contributed by atoms with van der Waals surface area (Å²) in [5.41, 5.74) is 6.12. The average Bonchev–Trinajstić information content (AvgIpc) is 2.93. The van der Waals surface area contributed by atoms with E-state index in [-0.39, 0.29) is 23.6 Å². The molecule has 0 saturated heterocycles. The lowest BCUT2D eigenvalue weighted by atomic mass is 9.84. The van der Waals surface area contributed by atoms with Crippen LogP contribution in [0.25, 0.3) is 0 Å². The molecule has 1 atom stereocenters. The number of carbonyl (C=O) groups excluding carboxylic acids is 3. The van der Waals surface area contributed by atoms with Crippen molar-refractivity contribution in [3.63, 3.8) is 0 Å². The predicted octanol–water partition coefficient (Wildman–Crippen LogP) is 4.75. The molecule has 0 aromatic heterocycles. The first-order valence-electron chi connectivity index (χ1n) is 12.6. The zero-order chi connectivity index (χ0) is 26.6. The van der Waals surface area contributed by atoms with Crippen LogP contribution < -0.4 is 10.8 Å². The minimum Gasteiger partial charge on any atom is -0.352 e. The molecule has 3 amide bonds. The Balaban J connectivity index is 1.65. The first-order chi connectivity index (χ1) is 17.9. The van der Waals surface area contributed by atoms with Crippen molar-refractivity contribution in [2.75, 3.05) is 20.6 Å². The van der Waals surface area contributed by atoms with Crippen molar-refractivity contribution in [3.8, 4) is 0 Å². The molecule has 0 fully saturated rings. The van der Waals surface area contributed by atoms with Gasteiger partial charge in [0, 0.05) is 44.1 Å². The highest BCUT2D eigenvalue weighted by atomic mass is 16.5. The molecule has 1 unspecified atom stereocenters. The summed E-state index contributed by atoms with van der Waals surface area (Å²) in [5.74, 6) is -0.557. The SMILES string of the molecule is CN(C)C(=O)c1ccc(C(c2ccccc2)c2ccc(C(=O)NCCCCCCC(=O)NO)cc2)cc1. The lowest BCUT2D eigenvalue weighted by Crippen LogP contribution is -2.24. The molecular formula is C30H35N3O4. The highest BCUT2D eigenvalue weighted by Gasteiger charge is 2.18. The number of hydrogen-bond acceptors (Lipinski definition) is 4. The third kappa shape index (κ3) is 8.02. The normalized spacial score (nSPS) is 11.4. The quantitative estimate of drug-likeness (QED) is 0.144. The number of amides is 3. The second-order valence-electron chi connectivity index (χ2n) is 9.24. The first kappa shape index (κ1) is 27.6. The van der Waals surface area contributed by atoms with Crippen molar-refractivity contribution in [2.24, 2.45) is 0 Å². The third-order valence-electron chi connectivity index (χ3n) is 6.28. The Morgan fingerprint density at radius 3 is 1.84 bits per heavy atom. The molecule has 0 aliphatic heterocycles. The Morgan fingerprint density at radius 1 is 0.730 bits per heavy atom. The summed E-state index contributed by atoms with van der Waals surface area (Å²) >= 11 is 0. The summed E-state index contributed by atoms with van der Waals surface area (Å²) < 4.78 is 0. The van der Waals surface area contributed by atoms with Crippen LogP contribution in [-0.2, 0) is 4.79 Å². The summed E-state index contributed by atoms with van der Waals surface area (Å²) in [5, 5.41) is 11.4. The fourth-order valence-electron chi connectivity index (χ4n) is 4.25. The van der Waals surface area contributed by atoms with Gasteiger partial charge in [-0.15, -0.1) is 0 Å². The molecule has 0 radical (unpaired) electrons. The van der Waals surface area contributed by atoms with Crippen LogP contribution in [0.15, 0.2) is 78.9 Å². The molecule has 3 aromatic rings. The molecule has 3 rings (SSSR count). The van der Waals surface area contributed by atoms with Crippen molar-refractivity contribution < 1.29 is 19.6 Å². The van der Waals surface area contributed by atoms with Gasteiger partial charge in [0.2, 0.25) is 5.91 Å². The van der Waals surface area contributed by atoms with Gasteiger partial charge >= 0.3 is 0 Å². The van der Waals surface area contributed by atoms with Crippen LogP contribution in [-0.4, -0.2) is 48.5 Å². The van der Waals surface area contributed by atoms with Gasteiger partial charge in [-0.05, 0) is 53.8 Å². The van der Waals surface area contributed by atoms with E-state index in [1.54, 1.807) is 24.5 Å². The van der Waals surface area contributed by atoms with E-state index in [9.17, 15) is 14.4 Å². The zero-order valence-corrected chi connectivity index (χ0v) is 21.4. The molecule has 0 bridgehead atoms. The molecule has 0 heterocycles. The Kier molecular flexibility index (Phi) is 10.4. The minimum atomic E-state index is -0.373. The maximum atomic E-state index is 12.6. The van der Waals surface area contributed by atoms with Crippen LogP contribution in [0.3, 0.4) is 0 Å². The van der Waals surface area contributed by atoms with Gasteiger partial charge in [0.25, 0.3) is 11.8 Å². The number of nitrogens with one attached hydrogen (secondary N) is 2. The molecule has 3 aromatic carbocycles. The highest BCUT2D eigenvalue weighted by molar-refractivity contribution is 5.94. The Bertz CT molecular complexity index is 1160. The van der Waals surface area contributed by atoms with E-state index in [1.165, 1.54) is 0 Å². The maximum Gasteiger partial charge on any atom is 0.253 e. The van der Waals surface area contributed by atoms with Crippen molar-refractivity contribution in [2.45, 2.75) is 38.0 Å². The van der Waals surface area contributed by atoms with Gasteiger partial charge in [0.1, 0.15) is 0 Å². The third-order valence-corrected chi connectivity index (χ3v) is 6.28. The zero-order valence-electron chi connectivity index (χ0n) is 21.4. The van der Waals surface area contributed by atoms with E-state index in [2.05, 4.69) is 17.4 Å². The summed E-state index contributed by atoms with van der Waals surface area (Å²) in [6.07, 6.45) is 3.60. The average molecular weight is 502 g/mol. The lowest BCUT2D eigenvalue weighted by Gasteiger charge is -2.20. The number of rotatable bonds is 12. The van der Waals surface area contributed by atoms with Crippen molar-refractivity contribution >= 4 is 17.7 Å². The topological polar surface area (TPSA) is 98.7 Å². The lowest BCUT2D eigenvalue weighted by molar-refractivity contribution is -0.129. The van der Waals surface area contributed by atoms with Crippen LogP contribution in [0, 0.1) is 0 Å². The van der Waals surface area contributed by atoms with Crippen molar-refractivity contribution in [1.29, 1.82) is 0 Å². The Hall–Kier alpha value is -3.97. The molecule has 194 valence electrons. The monoisotopic (exact) mass is 501 g/mol. The molecule has 7 heteroatoms. The van der Waals surface area contributed by atoms with Crippen molar-refractivity contribution in [3.05, 3.63) is 107 Å². The fraction of sp³-hybridized carbons (Fsp3) is 0.300. The van der Waals surface area contributed by atoms with E-state index in [0.717, 1.165) is 36.0 Å². The minimum absolute atomic E-state index is 0.0327. The van der Waals surface area contributed by atoms with Crippen LogP contribution in [0.4, 0.5) is 0 Å². The summed E-state index contributed by atoms with van der Waals surface area (Å²) in [6, 6.07) is 25.5. The first-order valence-corrected chi connectivity index (χ1v) is 12.6. The van der Waals surface area contributed by atoms with E-state index >= 15 is 0 Å². The predicted molar refractivity (Wildman–Crippen MR) is 144 cm³/mol. The number of hydroxylamine groups is 1. The van der Waals surface area contributed by atoms with Gasteiger partial charge in [-0.1, -0.05) is 67.4 Å². The largest absolute Gasteiger partial charge is 0.352 e. The molecular weight excluding hydrogens is 466 g/mol. The van der Waals surface area contributed by atoms with Crippen LogP contribution in [0.1, 0.15) is 75.4 Å². The van der Waals surface area contributed by atoms with Crippen LogP contribution >= 0.6 is 0 Å². The molecule has 3 N–H and O–H groups in total. The molecule has 0 aliphatic rings. The van der Waals surface area contributed by atoms with E-state index in [0.29, 0.717) is 30.5 Å². The maximum absolute atomic E-state index is 12.6. The van der Waals surface area contributed by atoms with Gasteiger partial charge < -0.3 is 10.2 Å². The Labute approximate surface area is 218 Å². The van der Waals surface area contributed by atoms with E-state index in [4.69, 9.17) is 5.21 Å². The standard InChI is InChI=1S/C30H35N3O4/c1-33(2)30(36)26-19-15-24(16-20-26)28(22-10-6-5-7-11-22)23-13-17-25(18-14-23)29(35)31-21-9-4-3-8-12-27(34)32-37/h5-7,10-11,13-20,28,37H,3-4,8-9,12,21H2,1-2H3,(H,31,35)(H,32,34). The van der Waals surface area contributed by atoms with Gasteiger partial charge in [0.15, 0.2) is 0 Å². The second kappa shape index (κ2) is 13.9. The molecule has 0 spiro atoms. The van der Waals surface area contributed by atoms with Gasteiger partial charge in [-0.25, -0.2) is 5.48 Å². The van der Waals surface area contributed by atoms with Gasteiger partial charge in [-0.3, -0.25) is 19.6 Å². The number of carbonyl (C=O) groups is 3. The number of nitrogens with zero attached hydrogens (tertiary/aromatic N) is 1. The number of benzene rings is 3. The van der Waals surface area contributed by atoms with E-state index < -0.39 is 0 Å². The smallest absolute Gasteiger partial charge is 0.253 e. The summed E-state index contributed by atoms with van der Waals surface area (Å²) in [7, 11) is 3.48. The number of hydrogen-bond donors (Lipinski definition) is 3. The summed E-state index contributed by atoms with van der Waals surface area (Å²) in [4.78, 5) is 37.5. The molecule has 0 aliphatic carbocycles. The highest BCUT2D eigenvalue weighted by Crippen LogP contribution is 2.32.